The third kappa shape index (κ3) is 1.30. The lowest BCUT2D eigenvalue weighted by Gasteiger charge is -2.33. The number of aliphatic imine (C=N–C) groups is 1. The van der Waals surface area contributed by atoms with Gasteiger partial charge < -0.3 is 16.8 Å². The van der Waals surface area contributed by atoms with Gasteiger partial charge in [0.15, 0.2) is 5.66 Å². The van der Waals surface area contributed by atoms with Gasteiger partial charge in [0.1, 0.15) is 0 Å². The molecule has 0 bridgehead atoms. The molecule has 0 aliphatic carbocycles. The van der Waals surface area contributed by atoms with Crippen molar-refractivity contribution in [1.82, 2.24) is 5.32 Å². The van der Waals surface area contributed by atoms with E-state index in [1.807, 2.05) is 20.8 Å². The van der Waals surface area contributed by atoms with E-state index in [1.54, 1.807) is 6.20 Å². The topological polar surface area (TPSA) is 76.4 Å². The fourth-order valence-corrected chi connectivity index (χ4v) is 1.13. The van der Waals surface area contributed by atoms with Gasteiger partial charge in [-0.3, -0.25) is 0 Å². The third-order valence-electron chi connectivity index (χ3n) is 2.13. The molecule has 4 nitrogen and oxygen atoms in total. The van der Waals surface area contributed by atoms with Crippen molar-refractivity contribution in [2.75, 3.05) is 0 Å². The summed E-state index contributed by atoms with van der Waals surface area (Å²) in [6.45, 7) is 5.87. The summed E-state index contributed by atoms with van der Waals surface area (Å²) >= 11 is 0. The lowest BCUT2D eigenvalue weighted by Crippen LogP contribution is -2.51. The van der Waals surface area contributed by atoms with Gasteiger partial charge in [0.2, 0.25) is 0 Å². The van der Waals surface area contributed by atoms with Gasteiger partial charge in [0.25, 0.3) is 0 Å². The van der Waals surface area contributed by atoms with Crippen molar-refractivity contribution in [1.29, 1.82) is 0 Å². The van der Waals surface area contributed by atoms with Crippen LogP contribution in [0.15, 0.2) is 16.9 Å². The molecule has 0 aromatic heterocycles. The highest BCUT2D eigenvalue weighted by molar-refractivity contribution is 5.82. The molecule has 0 amide bonds. The Morgan fingerprint density at radius 3 is 2.58 bits per heavy atom. The molecule has 0 fully saturated rings. The van der Waals surface area contributed by atoms with Crippen LogP contribution in [0.2, 0.25) is 0 Å². The number of hydrogen-bond acceptors (Lipinski definition) is 4. The van der Waals surface area contributed by atoms with Crippen LogP contribution in [-0.4, -0.2) is 11.5 Å². The van der Waals surface area contributed by atoms with E-state index in [1.165, 1.54) is 0 Å². The standard InChI is InChI=1S/C8H16N4/c1-5(2)8(10)7(9)4-11-6(3)12-8/h4-5H,9-10H2,1-3H3,(H,11,12). The first-order valence-electron chi connectivity index (χ1n) is 4.05. The smallest absolute Gasteiger partial charge is 0.153 e. The Bertz CT molecular complexity index is 241. The monoisotopic (exact) mass is 168 g/mol. The van der Waals surface area contributed by atoms with Crippen molar-refractivity contribution in [3.8, 4) is 0 Å². The fraction of sp³-hybridized carbons (Fsp3) is 0.625. The van der Waals surface area contributed by atoms with Crippen LogP contribution in [-0.2, 0) is 0 Å². The van der Waals surface area contributed by atoms with E-state index in [2.05, 4.69) is 10.3 Å². The zero-order valence-corrected chi connectivity index (χ0v) is 7.76. The van der Waals surface area contributed by atoms with Crippen molar-refractivity contribution in [3.05, 3.63) is 11.9 Å². The lowest BCUT2D eigenvalue weighted by molar-refractivity contribution is 0.369. The van der Waals surface area contributed by atoms with Crippen LogP contribution in [0.4, 0.5) is 0 Å². The molecule has 1 aliphatic rings. The van der Waals surface area contributed by atoms with Gasteiger partial charge >= 0.3 is 0 Å². The Morgan fingerprint density at radius 2 is 2.17 bits per heavy atom. The van der Waals surface area contributed by atoms with Gasteiger partial charge in [-0.05, 0) is 12.8 Å². The van der Waals surface area contributed by atoms with Crippen molar-refractivity contribution in [3.63, 3.8) is 0 Å². The summed E-state index contributed by atoms with van der Waals surface area (Å²) in [6, 6.07) is 0. The molecule has 5 N–H and O–H groups in total. The van der Waals surface area contributed by atoms with Crippen LogP contribution in [0, 0.1) is 5.92 Å². The molecule has 1 atom stereocenters. The van der Waals surface area contributed by atoms with Gasteiger partial charge in [0.05, 0.1) is 11.5 Å². The Labute approximate surface area is 72.7 Å². The van der Waals surface area contributed by atoms with Crippen LogP contribution in [0.5, 0.6) is 0 Å². The molecule has 0 spiro atoms. The average Bonchev–Trinajstić information content (AvgIpc) is 1.97. The highest BCUT2D eigenvalue weighted by Gasteiger charge is 2.33. The molecule has 0 saturated carbocycles. The van der Waals surface area contributed by atoms with Crippen molar-refractivity contribution < 1.29 is 0 Å². The molecule has 12 heavy (non-hydrogen) atoms. The summed E-state index contributed by atoms with van der Waals surface area (Å²) in [6.07, 6.45) is 1.71. The molecular formula is C8H16N4. The maximum atomic E-state index is 6.02. The van der Waals surface area contributed by atoms with Crippen LogP contribution in [0.1, 0.15) is 20.8 Å². The number of nitrogens with one attached hydrogen (secondary N) is 1. The zero-order chi connectivity index (χ0) is 9.35. The van der Waals surface area contributed by atoms with Crippen molar-refractivity contribution >= 4 is 5.84 Å². The molecular weight excluding hydrogens is 152 g/mol. The third-order valence-corrected chi connectivity index (χ3v) is 2.13. The predicted molar refractivity (Wildman–Crippen MR) is 50.3 cm³/mol. The fourth-order valence-electron chi connectivity index (χ4n) is 1.13. The number of rotatable bonds is 1. The van der Waals surface area contributed by atoms with Gasteiger partial charge in [-0.2, -0.15) is 0 Å². The molecule has 68 valence electrons. The van der Waals surface area contributed by atoms with Gasteiger partial charge in [-0.1, -0.05) is 13.8 Å². The minimum Gasteiger partial charge on any atom is -0.398 e. The first-order chi connectivity index (χ1) is 5.47. The first kappa shape index (κ1) is 9.06. The molecule has 1 unspecified atom stereocenters. The minimum atomic E-state index is -0.727. The summed E-state index contributed by atoms with van der Waals surface area (Å²) in [5.41, 5.74) is 11.6. The molecule has 4 heteroatoms. The number of amidine groups is 1. The van der Waals surface area contributed by atoms with Crippen LogP contribution in [0.3, 0.4) is 0 Å². The average molecular weight is 168 g/mol. The second-order valence-corrected chi connectivity index (χ2v) is 3.42. The second kappa shape index (κ2) is 2.79. The first-order valence-corrected chi connectivity index (χ1v) is 4.05. The van der Waals surface area contributed by atoms with Crippen LogP contribution < -0.4 is 16.8 Å². The van der Waals surface area contributed by atoms with E-state index in [4.69, 9.17) is 11.5 Å². The summed E-state index contributed by atoms with van der Waals surface area (Å²) in [7, 11) is 0. The van der Waals surface area contributed by atoms with Gasteiger partial charge in [-0.15, -0.1) is 0 Å². The minimum absolute atomic E-state index is 0.200. The van der Waals surface area contributed by atoms with E-state index in [0.29, 0.717) is 5.70 Å². The number of nitrogens with two attached hydrogens (primary N) is 2. The Balaban J connectivity index is 3.00. The quantitative estimate of drug-likeness (QED) is 0.520. The highest BCUT2D eigenvalue weighted by atomic mass is 15.2. The zero-order valence-electron chi connectivity index (χ0n) is 7.76. The van der Waals surface area contributed by atoms with Crippen molar-refractivity contribution in [2.45, 2.75) is 26.4 Å². The second-order valence-electron chi connectivity index (χ2n) is 3.42. The number of nitrogens with zero attached hydrogens (tertiary/aromatic N) is 1. The van der Waals surface area contributed by atoms with Gasteiger partial charge in [0, 0.05) is 6.20 Å². The molecule has 0 aromatic carbocycles. The van der Waals surface area contributed by atoms with E-state index in [9.17, 15) is 0 Å². The van der Waals surface area contributed by atoms with Crippen LogP contribution in [0.25, 0.3) is 0 Å². The predicted octanol–water partition coefficient (Wildman–Crippen LogP) is 0.119. The van der Waals surface area contributed by atoms with Crippen molar-refractivity contribution in [2.24, 2.45) is 22.4 Å². The summed E-state index contributed by atoms with van der Waals surface area (Å²) < 4.78 is 0. The normalized spacial score (nSPS) is 29.4. The Kier molecular flexibility index (Phi) is 2.10. The van der Waals surface area contributed by atoms with Crippen LogP contribution >= 0.6 is 0 Å². The maximum Gasteiger partial charge on any atom is 0.153 e. The Hall–Kier alpha value is -1.03. The van der Waals surface area contributed by atoms with E-state index in [0.717, 1.165) is 5.84 Å². The Morgan fingerprint density at radius 1 is 1.58 bits per heavy atom. The maximum absolute atomic E-state index is 6.02. The summed E-state index contributed by atoms with van der Waals surface area (Å²) in [5.74, 6) is 1.01. The molecule has 1 heterocycles. The van der Waals surface area contributed by atoms with E-state index >= 15 is 0 Å². The molecule has 1 aliphatic heterocycles. The van der Waals surface area contributed by atoms with E-state index < -0.39 is 5.66 Å². The summed E-state index contributed by atoms with van der Waals surface area (Å²) in [5, 5.41) is 2.92. The molecule has 0 radical (unpaired) electrons. The number of hydrogen-bond donors (Lipinski definition) is 3. The van der Waals surface area contributed by atoms with Gasteiger partial charge in [-0.25, -0.2) is 4.99 Å². The molecule has 1 rings (SSSR count). The lowest BCUT2D eigenvalue weighted by atomic mass is 9.94. The van der Waals surface area contributed by atoms with E-state index in [-0.39, 0.29) is 5.92 Å². The summed E-state index contributed by atoms with van der Waals surface area (Å²) in [4.78, 5) is 4.28. The molecule has 0 aromatic rings. The highest BCUT2D eigenvalue weighted by Crippen LogP contribution is 2.23. The largest absolute Gasteiger partial charge is 0.398 e. The SMILES string of the molecule is CC1=NC(N)(C(C)C)C(N)=CN1. The molecule has 0 saturated heterocycles.